The van der Waals surface area contributed by atoms with Crippen LogP contribution in [0.4, 0.5) is 13.2 Å². The van der Waals surface area contributed by atoms with Crippen molar-refractivity contribution >= 4 is 11.6 Å². The summed E-state index contributed by atoms with van der Waals surface area (Å²) in [5.74, 6) is -3.89. The number of alkyl halides is 1. The first-order valence-electron chi connectivity index (χ1n) is 6.35. The number of rotatable bonds is 4. The van der Waals surface area contributed by atoms with Crippen LogP contribution in [0.5, 0.6) is 0 Å². The molecule has 2 aromatic carbocycles. The average molecular weight is 315 g/mol. The maximum absolute atomic E-state index is 13.9. The number of benzene rings is 2. The van der Waals surface area contributed by atoms with E-state index >= 15 is 0 Å². The van der Waals surface area contributed by atoms with E-state index in [1.807, 2.05) is 19.1 Å². The van der Waals surface area contributed by atoms with Crippen molar-refractivity contribution in [2.75, 3.05) is 5.88 Å². The lowest BCUT2D eigenvalue weighted by atomic mass is 9.87. The molecule has 1 N–H and O–H groups in total. The first-order valence-corrected chi connectivity index (χ1v) is 6.89. The van der Waals surface area contributed by atoms with Gasteiger partial charge in [0.05, 0.1) is 5.88 Å². The molecule has 0 radical (unpaired) electrons. The van der Waals surface area contributed by atoms with E-state index in [0.717, 1.165) is 11.1 Å². The molecule has 0 aromatic heterocycles. The molecule has 0 heterocycles. The Hall–Kier alpha value is -1.52. The highest BCUT2D eigenvalue weighted by molar-refractivity contribution is 6.18. The van der Waals surface area contributed by atoms with E-state index in [4.69, 9.17) is 11.6 Å². The second kappa shape index (κ2) is 6.08. The highest BCUT2D eigenvalue weighted by Crippen LogP contribution is 2.31. The maximum Gasteiger partial charge on any atom is 0.161 e. The monoisotopic (exact) mass is 314 g/mol. The highest BCUT2D eigenvalue weighted by atomic mass is 35.5. The summed E-state index contributed by atoms with van der Waals surface area (Å²) >= 11 is 5.78. The molecule has 21 heavy (non-hydrogen) atoms. The Kier molecular flexibility index (Phi) is 4.59. The van der Waals surface area contributed by atoms with Crippen LogP contribution in [0.3, 0.4) is 0 Å². The van der Waals surface area contributed by atoms with Crippen molar-refractivity contribution in [1.82, 2.24) is 0 Å². The number of hydrogen-bond acceptors (Lipinski definition) is 1. The molecular formula is C16H14ClF3O. The van der Waals surface area contributed by atoms with Gasteiger partial charge in [-0.3, -0.25) is 0 Å². The Balaban J connectivity index is 2.47. The molecule has 0 aliphatic carbocycles. The summed E-state index contributed by atoms with van der Waals surface area (Å²) in [6.07, 6.45) is 0.00512. The van der Waals surface area contributed by atoms with Crippen LogP contribution in [0.25, 0.3) is 0 Å². The normalized spacial score (nSPS) is 14.0. The molecule has 0 fully saturated rings. The molecule has 5 heteroatoms. The van der Waals surface area contributed by atoms with Crippen LogP contribution >= 0.6 is 11.6 Å². The minimum Gasteiger partial charge on any atom is -0.383 e. The van der Waals surface area contributed by atoms with Gasteiger partial charge in [0.1, 0.15) is 11.4 Å². The van der Waals surface area contributed by atoms with Gasteiger partial charge in [-0.05, 0) is 24.1 Å². The lowest BCUT2D eigenvalue weighted by molar-refractivity contribution is 0.0568. The molecule has 2 aromatic rings. The third kappa shape index (κ3) is 3.22. The van der Waals surface area contributed by atoms with Gasteiger partial charge in [0.15, 0.2) is 11.6 Å². The van der Waals surface area contributed by atoms with Gasteiger partial charge < -0.3 is 5.11 Å². The third-order valence-corrected chi connectivity index (χ3v) is 3.92. The molecule has 112 valence electrons. The minimum absolute atomic E-state index is 0.00512. The topological polar surface area (TPSA) is 20.2 Å². The van der Waals surface area contributed by atoms with Crippen LogP contribution in [0, 0.1) is 24.4 Å². The van der Waals surface area contributed by atoms with Gasteiger partial charge in [-0.1, -0.05) is 24.3 Å². The first kappa shape index (κ1) is 15.9. The summed E-state index contributed by atoms with van der Waals surface area (Å²) < 4.78 is 40.3. The van der Waals surface area contributed by atoms with Gasteiger partial charge in [0.25, 0.3) is 0 Å². The predicted molar refractivity (Wildman–Crippen MR) is 75.8 cm³/mol. The van der Waals surface area contributed by atoms with E-state index in [1.165, 1.54) is 0 Å². The fourth-order valence-electron chi connectivity index (χ4n) is 2.22. The average Bonchev–Trinajstić information content (AvgIpc) is 2.45. The molecule has 0 bridgehead atoms. The Morgan fingerprint density at radius 1 is 1.05 bits per heavy atom. The highest BCUT2D eigenvalue weighted by Gasteiger charge is 2.33. The van der Waals surface area contributed by atoms with E-state index < -0.39 is 23.1 Å². The summed E-state index contributed by atoms with van der Waals surface area (Å²) in [7, 11) is 0. The van der Waals surface area contributed by atoms with Crippen molar-refractivity contribution in [3.8, 4) is 0 Å². The van der Waals surface area contributed by atoms with E-state index in [2.05, 4.69) is 0 Å². The predicted octanol–water partition coefficient (Wildman–Crippen LogP) is 4.08. The smallest absolute Gasteiger partial charge is 0.161 e. The lowest BCUT2D eigenvalue weighted by Crippen LogP contribution is -2.32. The van der Waals surface area contributed by atoms with Crippen LogP contribution in [0.1, 0.15) is 16.7 Å². The van der Waals surface area contributed by atoms with E-state index in [-0.39, 0.29) is 17.9 Å². The molecule has 0 aliphatic heterocycles. The zero-order chi connectivity index (χ0) is 15.6. The van der Waals surface area contributed by atoms with Gasteiger partial charge in [-0.2, -0.15) is 0 Å². The molecule has 0 spiro atoms. The van der Waals surface area contributed by atoms with Crippen molar-refractivity contribution in [1.29, 1.82) is 0 Å². The van der Waals surface area contributed by atoms with Crippen LogP contribution in [0.15, 0.2) is 36.4 Å². The van der Waals surface area contributed by atoms with Crippen LogP contribution in [0.2, 0.25) is 0 Å². The standard InChI is InChI=1S/C16H14ClF3O/c1-10-4-2-3-5-11(10)8-16(21,9-17)12-6-14(19)15(20)7-13(12)18/h2-7,21H,8-9H2,1H3. The van der Waals surface area contributed by atoms with Crippen LogP contribution in [-0.2, 0) is 12.0 Å². The van der Waals surface area contributed by atoms with Crippen LogP contribution in [-0.4, -0.2) is 11.0 Å². The SMILES string of the molecule is Cc1ccccc1CC(O)(CCl)c1cc(F)c(F)cc1F. The molecule has 0 amide bonds. The maximum atomic E-state index is 13.9. The Morgan fingerprint density at radius 3 is 2.29 bits per heavy atom. The van der Waals surface area contributed by atoms with E-state index in [9.17, 15) is 18.3 Å². The zero-order valence-electron chi connectivity index (χ0n) is 11.3. The number of aryl methyl sites for hydroxylation is 1. The molecule has 0 saturated carbocycles. The van der Waals surface area contributed by atoms with Gasteiger partial charge in [-0.15, -0.1) is 11.6 Å². The summed E-state index contributed by atoms with van der Waals surface area (Å²) in [6.45, 7) is 1.84. The van der Waals surface area contributed by atoms with Gasteiger partial charge in [0.2, 0.25) is 0 Å². The summed E-state index contributed by atoms with van der Waals surface area (Å²) in [5.41, 5.74) is -0.514. The van der Waals surface area contributed by atoms with Crippen molar-refractivity contribution in [3.05, 3.63) is 70.5 Å². The molecule has 2 rings (SSSR count). The molecule has 1 atom stereocenters. The molecule has 0 aliphatic rings. The number of halogens is 4. The fourth-order valence-corrected chi connectivity index (χ4v) is 2.46. The van der Waals surface area contributed by atoms with Gasteiger partial charge in [0, 0.05) is 18.1 Å². The first-order chi connectivity index (χ1) is 9.87. The number of aliphatic hydroxyl groups is 1. The Bertz CT molecular complexity index is 660. The quantitative estimate of drug-likeness (QED) is 0.666. The zero-order valence-corrected chi connectivity index (χ0v) is 12.1. The van der Waals surface area contributed by atoms with Gasteiger partial charge >= 0.3 is 0 Å². The van der Waals surface area contributed by atoms with Crippen molar-refractivity contribution in [2.24, 2.45) is 0 Å². The molecule has 0 saturated heterocycles. The summed E-state index contributed by atoms with van der Waals surface area (Å²) in [6, 6.07) is 8.29. The molecule has 1 unspecified atom stereocenters. The lowest BCUT2D eigenvalue weighted by Gasteiger charge is -2.27. The van der Waals surface area contributed by atoms with E-state index in [1.54, 1.807) is 12.1 Å². The number of hydrogen-bond donors (Lipinski definition) is 1. The molecule has 1 nitrogen and oxygen atoms in total. The second-order valence-corrected chi connectivity index (χ2v) is 5.28. The second-order valence-electron chi connectivity index (χ2n) is 5.01. The fraction of sp³-hybridized carbons (Fsp3) is 0.250. The largest absolute Gasteiger partial charge is 0.383 e. The molecular weight excluding hydrogens is 301 g/mol. The van der Waals surface area contributed by atoms with Crippen LogP contribution < -0.4 is 0 Å². The van der Waals surface area contributed by atoms with Crippen molar-refractivity contribution in [3.63, 3.8) is 0 Å². The summed E-state index contributed by atoms with van der Waals surface area (Å²) in [5, 5.41) is 10.6. The Labute approximate surface area is 126 Å². The van der Waals surface area contributed by atoms with Crippen molar-refractivity contribution in [2.45, 2.75) is 18.9 Å². The van der Waals surface area contributed by atoms with Gasteiger partial charge in [-0.25, -0.2) is 13.2 Å². The third-order valence-electron chi connectivity index (χ3n) is 3.48. The Morgan fingerprint density at radius 2 is 1.67 bits per heavy atom. The van der Waals surface area contributed by atoms with E-state index in [0.29, 0.717) is 12.1 Å². The summed E-state index contributed by atoms with van der Waals surface area (Å²) in [4.78, 5) is 0. The van der Waals surface area contributed by atoms with Crippen molar-refractivity contribution < 1.29 is 18.3 Å². The minimum atomic E-state index is -1.81.